The molecule has 0 amide bonds. The lowest BCUT2D eigenvalue weighted by molar-refractivity contribution is 0.333. The van der Waals surface area contributed by atoms with Crippen LogP contribution in [-0.4, -0.2) is 12.1 Å². The van der Waals surface area contributed by atoms with Gasteiger partial charge in [-0.05, 0) is 46.1 Å². The Kier molecular flexibility index (Phi) is 3.82. The van der Waals surface area contributed by atoms with Gasteiger partial charge in [-0.1, -0.05) is 42.7 Å². The maximum atomic E-state index is 3.72. The van der Waals surface area contributed by atoms with Crippen LogP contribution in [0.1, 0.15) is 57.6 Å². The predicted octanol–water partition coefficient (Wildman–Crippen LogP) is 4.19. The van der Waals surface area contributed by atoms with Gasteiger partial charge in [0.1, 0.15) is 0 Å². The second-order valence-corrected chi connectivity index (χ2v) is 6.96. The summed E-state index contributed by atoms with van der Waals surface area (Å²) in [5, 5.41) is 3.72. The smallest absolute Gasteiger partial charge is 0.00968 e. The maximum absolute atomic E-state index is 3.72. The van der Waals surface area contributed by atoms with Crippen molar-refractivity contribution in [3.05, 3.63) is 35.4 Å². The summed E-state index contributed by atoms with van der Waals surface area (Å²) in [4.78, 5) is 0. The van der Waals surface area contributed by atoms with Crippen molar-refractivity contribution in [1.82, 2.24) is 5.32 Å². The van der Waals surface area contributed by atoms with E-state index in [0.717, 1.165) is 6.54 Å². The molecule has 1 nitrogen and oxygen atoms in total. The zero-order valence-corrected chi connectivity index (χ0v) is 12.3. The molecule has 1 heteroatoms. The Morgan fingerprint density at radius 2 is 1.83 bits per heavy atom. The van der Waals surface area contributed by atoms with Crippen LogP contribution in [0.4, 0.5) is 0 Å². The van der Waals surface area contributed by atoms with Crippen molar-refractivity contribution in [1.29, 1.82) is 0 Å². The summed E-state index contributed by atoms with van der Waals surface area (Å²) in [5.74, 6) is 0. The second-order valence-electron chi connectivity index (χ2n) is 6.96. The van der Waals surface area contributed by atoms with Gasteiger partial charge in [0.2, 0.25) is 0 Å². The van der Waals surface area contributed by atoms with Crippen LogP contribution in [0.2, 0.25) is 0 Å². The molecule has 0 saturated heterocycles. The van der Waals surface area contributed by atoms with Crippen molar-refractivity contribution >= 4 is 0 Å². The van der Waals surface area contributed by atoms with E-state index >= 15 is 0 Å². The largest absolute Gasteiger partial charge is 0.311 e. The predicted molar refractivity (Wildman–Crippen MR) is 79.1 cm³/mol. The first-order chi connectivity index (χ1) is 8.41. The Morgan fingerprint density at radius 1 is 1.17 bits per heavy atom. The average Bonchev–Trinajstić information content (AvgIpc) is 2.75. The zero-order valence-electron chi connectivity index (χ0n) is 12.3. The summed E-state index contributed by atoms with van der Waals surface area (Å²) < 4.78 is 0. The molecule has 0 spiro atoms. The van der Waals surface area contributed by atoms with Crippen molar-refractivity contribution in [2.75, 3.05) is 6.54 Å². The van der Waals surface area contributed by atoms with Gasteiger partial charge >= 0.3 is 0 Å². The lowest BCUT2D eigenvalue weighted by Gasteiger charge is -2.34. The van der Waals surface area contributed by atoms with Crippen molar-refractivity contribution in [2.45, 2.75) is 64.3 Å². The van der Waals surface area contributed by atoms with E-state index in [1.165, 1.54) is 36.8 Å². The number of hydrogen-bond donors (Lipinski definition) is 1. The van der Waals surface area contributed by atoms with Crippen LogP contribution in [0.25, 0.3) is 0 Å². The van der Waals surface area contributed by atoms with Crippen LogP contribution in [0.3, 0.4) is 0 Å². The topological polar surface area (TPSA) is 12.0 Å². The van der Waals surface area contributed by atoms with Crippen LogP contribution < -0.4 is 5.32 Å². The van der Waals surface area contributed by atoms with Gasteiger partial charge in [0, 0.05) is 17.5 Å². The molecular weight excluding hydrogens is 218 g/mol. The molecule has 1 aliphatic rings. The highest BCUT2D eigenvalue weighted by Crippen LogP contribution is 2.41. The highest BCUT2D eigenvalue weighted by molar-refractivity contribution is 5.31. The molecule has 100 valence electrons. The minimum absolute atomic E-state index is 0.208. The van der Waals surface area contributed by atoms with Gasteiger partial charge in [0.05, 0.1) is 0 Å². The fourth-order valence-electron chi connectivity index (χ4n) is 3.03. The first-order valence-corrected chi connectivity index (χ1v) is 7.24. The third kappa shape index (κ3) is 3.14. The van der Waals surface area contributed by atoms with E-state index < -0.39 is 0 Å². The number of benzene rings is 1. The molecule has 0 unspecified atom stereocenters. The first kappa shape index (κ1) is 13.6. The SMILES string of the molecule is Cc1cccc(C2(CNC(C)(C)C)CCCC2)c1. The minimum atomic E-state index is 0.208. The summed E-state index contributed by atoms with van der Waals surface area (Å²) in [6.45, 7) is 10.1. The van der Waals surface area contributed by atoms with E-state index in [4.69, 9.17) is 0 Å². The van der Waals surface area contributed by atoms with E-state index in [9.17, 15) is 0 Å². The number of aryl methyl sites for hydroxylation is 1. The molecule has 2 rings (SSSR count). The van der Waals surface area contributed by atoms with Crippen LogP contribution in [0.5, 0.6) is 0 Å². The Labute approximate surface area is 112 Å². The Morgan fingerprint density at radius 3 is 2.39 bits per heavy atom. The second kappa shape index (κ2) is 5.05. The van der Waals surface area contributed by atoms with Gasteiger partial charge in [0.25, 0.3) is 0 Å². The van der Waals surface area contributed by atoms with Crippen molar-refractivity contribution < 1.29 is 0 Å². The zero-order chi connectivity index (χ0) is 13.2. The van der Waals surface area contributed by atoms with E-state index in [1.54, 1.807) is 0 Å². The molecule has 0 aromatic heterocycles. The standard InChI is InChI=1S/C17H27N/c1-14-8-7-9-15(12-14)17(10-5-6-11-17)13-18-16(2,3)4/h7-9,12,18H,5-6,10-11,13H2,1-4H3. The lowest BCUT2D eigenvalue weighted by Crippen LogP contribution is -2.45. The highest BCUT2D eigenvalue weighted by Gasteiger charge is 2.36. The van der Waals surface area contributed by atoms with Crippen LogP contribution >= 0.6 is 0 Å². The molecule has 1 N–H and O–H groups in total. The monoisotopic (exact) mass is 245 g/mol. The molecule has 0 radical (unpaired) electrons. The highest BCUT2D eigenvalue weighted by atomic mass is 15.0. The summed E-state index contributed by atoms with van der Waals surface area (Å²) in [6.07, 6.45) is 5.42. The fraction of sp³-hybridized carbons (Fsp3) is 0.647. The van der Waals surface area contributed by atoms with Gasteiger partial charge < -0.3 is 5.32 Å². The van der Waals surface area contributed by atoms with Crippen LogP contribution in [-0.2, 0) is 5.41 Å². The third-order valence-electron chi connectivity index (χ3n) is 4.15. The number of rotatable bonds is 3. The number of nitrogens with one attached hydrogen (secondary N) is 1. The van der Waals surface area contributed by atoms with Gasteiger partial charge in [-0.2, -0.15) is 0 Å². The van der Waals surface area contributed by atoms with Crippen LogP contribution in [0, 0.1) is 6.92 Å². The summed E-state index contributed by atoms with van der Waals surface area (Å²) in [7, 11) is 0. The Balaban J connectivity index is 2.21. The normalized spacial score (nSPS) is 19.1. The molecular formula is C17H27N. The fourth-order valence-corrected chi connectivity index (χ4v) is 3.03. The lowest BCUT2D eigenvalue weighted by atomic mass is 9.78. The van der Waals surface area contributed by atoms with Gasteiger partial charge in [-0.25, -0.2) is 0 Å². The first-order valence-electron chi connectivity index (χ1n) is 7.24. The van der Waals surface area contributed by atoms with Gasteiger partial charge in [-0.15, -0.1) is 0 Å². The average molecular weight is 245 g/mol. The third-order valence-corrected chi connectivity index (χ3v) is 4.15. The summed E-state index contributed by atoms with van der Waals surface area (Å²) in [6, 6.07) is 9.11. The molecule has 0 aliphatic heterocycles. The molecule has 1 fully saturated rings. The van der Waals surface area contributed by atoms with Crippen molar-refractivity contribution in [3.8, 4) is 0 Å². The quantitative estimate of drug-likeness (QED) is 0.841. The molecule has 1 aromatic carbocycles. The molecule has 18 heavy (non-hydrogen) atoms. The van der Waals surface area contributed by atoms with Crippen molar-refractivity contribution in [3.63, 3.8) is 0 Å². The molecule has 1 aromatic rings. The summed E-state index contributed by atoms with van der Waals surface area (Å²) >= 11 is 0. The Bertz CT molecular complexity index is 394. The van der Waals surface area contributed by atoms with Crippen LogP contribution in [0.15, 0.2) is 24.3 Å². The summed E-state index contributed by atoms with van der Waals surface area (Å²) in [5.41, 5.74) is 3.50. The maximum Gasteiger partial charge on any atom is 0.00968 e. The molecule has 1 aliphatic carbocycles. The van der Waals surface area contributed by atoms with E-state index in [1.807, 2.05) is 0 Å². The van der Waals surface area contributed by atoms with E-state index in [2.05, 4.69) is 57.3 Å². The van der Waals surface area contributed by atoms with E-state index in [-0.39, 0.29) is 5.54 Å². The Hall–Kier alpha value is -0.820. The van der Waals surface area contributed by atoms with Gasteiger partial charge in [0.15, 0.2) is 0 Å². The van der Waals surface area contributed by atoms with Gasteiger partial charge in [-0.3, -0.25) is 0 Å². The minimum Gasteiger partial charge on any atom is -0.311 e. The number of hydrogen-bond acceptors (Lipinski definition) is 1. The molecule has 0 atom stereocenters. The van der Waals surface area contributed by atoms with Crippen molar-refractivity contribution in [2.24, 2.45) is 0 Å². The van der Waals surface area contributed by atoms with E-state index in [0.29, 0.717) is 5.41 Å². The molecule has 1 saturated carbocycles. The molecule has 0 heterocycles. The molecule has 0 bridgehead atoms.